The van der Waals surface area contributed by atoms with Crippen LogP contribution in [0.5, 0.6) is 5.88 Å². The van der Waals surface area contributed by atoms with Gasteiger partial charge in [0.25, 0.3) is 0 Å². The molecule has 4 aromatic rings. The number of hydrogen-bond donors (Lipinski definition) is 1. The van der Waals surface area contributed by atoms with E-state index in [0.717, 1.165) is 28.1 Å². The molecule has 0 fully saturated rings. The lowest BCUT2D eigenvalue weighted by Crippen LogP contribution is -2.11. The quantitative estimate of drug-likeness (QED) is 0.463. The van der Waals surface area contributed by atoms with Crippen LogP contribution in [0.25, 0.3) is 17.1 Å². The fourth-order valence-electron chi connectivity index (χ4n) is 3.64. The summed E-state index contributed by atoms with van der Waals surface area (Å²) in [7, 11) is 1.59. The van der Waals surface area contributed by atoms with Gasteiger partial charge in [-0.15, -0.1) is 10.2 Å². The number of pyridine rings is 1. The van der Waals surface area contributed by atoms with Gasteiger partial charge in [0.15, 0.2) is 5.82 Å². The Kier molecular flexibility index (Phi) is 5.85. The van der Waals surface area contributed by atoms with Crippen LogP contribution in [-0.4, -0.2) is 31.8 Å². The van der Waals surface area contributed by atoms with E-state index in [0.29, 0.717) is 23.1 Å². The van der Waals surface area contributed by atoms with Crippen molar-refractivity contribution in [3.8, 4) is 23.0 Å². The van der Waals surface area contributed by atoms with Gasteiger partial charge in [0.1, 0.15) is 17.2 Å². The molecule has 3 heterocycles. The number of nitrogens with zero attached hydrogens (tertiary/aromatic N) is 5. The highest BCUT2D eigenvalue weighted by Gasteiger charge is 2.15. The summed E-state index contributed by atoms with van der Waals surface area (Å²) in [6.45, 7) is 7.80. The zero-order valence-corrected chi connectivity index (χ0v) is 18.7. The van der Waals surface area contributed by atoms with E-state index in [4.69, 9.17) is 4.74 Å². The van der Waals surface area contributed by atoms with Crippen molar-refractivity contribution in [2.24, 2.45) is 0 Å². The summed E-state index contributed by atoms with van der Waals surface area (Å²) < 4.78 is 20.8. The van der Waals surface area contributed by atoms with Gasteiger partial charge in [-0.3, -0.25) is 0 Å². The van der Waals surface area contributed by atoms with Crippen LogP contribution >= 0.6 is 0 Å². The molecule has 0 aliphatic heterocycles. The summed E-state index contributed by atoms with van der Waals surface area (Å²) in [5.41, 5.74) is 5.83. The van der Waals surface area contributed by atoms with Crippen LogP contribution in [0.4, 0.5) is 10.2 Å². The molecule has 4 rings (SSSR count). The highest BCUT2D eigenvalue weighted by Crippen LogP contribution is 2.28. The van der Waals surface area contributed by atoms with Crippen molar-refractivity contribution in [1.29, 1.82) is 0 Å². The minimum absolute atomic E-state index is 0.0504. The lowest BCUT2D eigenvalue weighted by atomic mass is 10.0. The molecule has 0 saturated carbocycles. The van der Waals surface area contributed by atoms with Crippen LogP contribution in [0, 0.1) is 26.6 Å². The Balaban J connectivity index is 1.59. The number of imidazole rings is 1. The fraction of sp³-hybridized carbons (Fsp3) is 0.250. The standard InChI is InChI=1S/C24H25FN6O/c1-14-10-18(25)6-7-19(14)17(4)27-23-15(2)11-21(29-30-23)20-8-9-22(24(28-20)32-5)31-12-16(3)26-13-31/h6-13,17H,1-5H3,(H,27,30). The van der Waals surface area contributed by atoms with E-state index in [9.17, 15) is 4.39 Å². The smallest absolute Gasteiger partial charge is 0.238 e. The molecule has 0 spiro atoms. The van der Waals surface area contributed by atoms with E-state index in [1.54, 1.807) is 19.5 Å². The molecule has 7 nitrogen and oxygen atoms in total. The Morgan fingerprint density at radius 2 is 1.81 bits per heavy atom. The molecule has 0 aliphatic rings. The topological polar surface area (TPSA) is 77.8 Å². The molecule has 3 aromatic heterocycles. The van der Waals surface area contributed by atoms with Crippen LogP contribution in [0.1, 0.15) is 35.3 Å². The number of nitrogens with one attached hydrogen (secondary N) is 1. The Bertz CT molecular complexity index is 1270. The van der Waals surface area contributed by atoms with Crippen LogP contribution < -0.4 is 10.1 Å². The number of anilines is 1. The first kappa shape index (κ1) is 21.4. The zero-order chi connectivity index (χ0) is 22.8. The molecular weight excluding hydrogens is 407 g/mol. The monoisotopic (exact) mass is 432 g/mol. The van der Waals surface area contributed by atoms with Crippen molar-refractivity contribution in [2.75, 3.05) is 12.4 Å². The molecule has 0 saturated heterocycles. The lowest BCUT2D eigenvalue weighted by molar-refractivity contribution is 0.396. The second-order valence-electron chi connectivity index (χ2n) is 7.78. The molecule has 32 heavy (non-hydrogen) atoms. The average Bonchev–Trinajstić information content (AvgIpc) is 3.20. The Hall–Kier alpha value is -3.81. The maximum Gasteiger partial charge on any atom is 0.238 e. The first-order valence-corrected chi connectivity index (χ1v) is 10.3. The molecule has 164 valence electrons. The summed E-state index contributed by atoms with van der Waals surface area (Å²) in [6.07, 6.45) is 3.64. The number of ether oxygens (including phenoxy) is 1. The number of benzene rings is 1. The van der Waals surface area contributed by atoms with E-state index in [-0.39, 0.29) is 11.9 Å². The first-order valence-electron chi connectivity index (χ1n) is 10.3. The van der Waals surface area contributed by atoms with Gasteiger partial charge in [-0.25, -0.2) is 14.4 Å². The number of aryl methyl sites for hydroxylation is 3. The summed E-state index contributed by atoms with van der Waals surface area (Å²) in [5.74, 6) is 0.903. The van der Waals surface area contributed by atoms with Crippen LogP contribution in [0.15, 0.2) is 48.9 Å². The SMILES string of the molecule is COc1nc(-c2cc(C)c(NC(C)c3ccc(F)cc3C)nn2)ccc1-n1cnc(C)c1. The van der Waals surface area contributed by atoms with E-state index in [2.05, 4.69) is 25.5 Å². The number of aromatic nitrogens is 5. The number of hydrogen-bond acceptors (Lipinski definition) is 6. The van der Waals surface area contributed by atoms with Gasteiger partial charge < -0.3 is 14.6 Å². The van der Waals surface area contributed by atoms with Crippen molar-refractivity contribution in [3.05, 3.63) is 77.1 Å². The molecule has 8 heteroatoms. The van der Waals surface area contributed by atoms with Gasteiger partial charge >= 0.3 is 0 Å². The summed E-state index contributed by atoms with van der Waals surface area (Å²) in [6, 6.07) is 10.5. The minimum Gasteiger partial charge on any atom is -0.479 e. The number of rotatable bonds is 6. The predicted octanol–water partition coefficient (Wildman–Crippen LogP) is 4.97. The van der Waals surface area contributed by atoms with Crippen molar-refractivity contribution in [2.45, 2.75) is 33.7 Å². The fourth-order valence-corrected chi connectivity index (χ4v) is 3.64. The molecule has 0 amide bonds. The first-order chi connectivity index (χ1) is 15.4. The number of methoxy groups -OCH3 is 1. The Morgan fingerprint density at radius 1 is 1.00 bits per heavy atom. The van der Waals surface area contributed by atoms with Crippen molar-refractivity contribution in [1.82, 2.24) is 24.7 Å². The second-order valence-corrected chi connectivity index (χ2v) is 7.78. The Morgan fingerprint density at radius 3 is 2.47 bits per heavy atom. The summed E-state index contributed by atoms with van der Waals surface area (Å²) >= 11 is 0. The van der Waals surface area contributed by atoms with Crippen LogP contribution in [0.2, 0.25) is 0 Å². The van der Waals surface area contributed by atoms with Gasteiger partial charge in [-0.2, -0.15) is 0 Å². The summed E-state index contributed by atoms with van der Waals surface area (Å²) in [5, 5.41) is 12.1. The molecule has 1 aromatic carbocycles. The minimum atomic E-state index is -0.240. The van der Waals surface area contributed by atoms with Crippen molar-refractivity contribution in [3.63, 3.8) is 0 Å². The highest BCUT2D eigenvalue weighted by molar-refractivity contribution is 5.61. The van der Waals surface area contributed by atoms with E-state index >= 15 is 0 Å². The van der Waals surface area contributed by atoms with Crippen molar-refractivity contribution < 1.29 is 9.13 Å². The van der Waals surface area contributed by atoms with Gasteiger partial charge in [0, 0.05) is 6.20 Å². The Labute approximate surface area is 186 Å². The van der Waals surface area contributed by atoms with Crippen molar-refractivity contribution >= 4 is 5.82 Å². The van der Waals surface area contributed by atoms with E-state index < -0.39 is 0 Å². The highest BCUT2D eigenvalue weighted by atomic mass is 19.1. The average molecular weight is 433 g/mol. The van der Waals surface area contributed by atoms with Gasteiger partial charge in [0.2, 0.25) is 5.88 Å². The molecular formula is C24H25FN6O. The van der Waals surface area contributed by atoms with E-state index in [1.807, 2.05) is 56.7 Å². The maximum absolute atomic E-state index is 13.4. The molecule has 1 N–H and O–H groups in total. The maximum atomic E-state index is 13.4. The van der Waals surface area contributed by atoms with Gasteiger partial charge in [-0.05, 0) is 74.7 Å². The third kappa shape index (κ3) is 4.30. The van der Waals surface area contributed by atoms with E-state index in [1.165, 1.54) is 12.1 Å². The largest absolute Gasteiger partial charge is 0.479 e. The normalized spacial score (nSPS) is 11.9. The number of halogens is 1. The zero-order valence-electron chi connectivity index (χ0n) is 18.7. The molecule has 1 atom stereocenters. The molecule has 0 aliphatic carbocycles. The predicted molar refractivity (Wildman–Crippen MR) is 122 cm³/mol. The lowest BCUT2D eigenvalue weighted by Gasteiger charge is -2.18. The second kappa shape index (κ2) is 8.74. The van der Waals surface area contributed by atoms with Gasteiger partial charge in [0.05, 0.1) is 30.9 Å². The van der Waals surface area contributed by atoms with Crippen LogP contribution in [-0.2, 0) is 0 Å². The van der Waals surface area contributed by atoms with Gasteiger partial charge in [-0.1, -0.05) is 6.07 Å². The third-order valence-electron chi connectivity index (χ3n) is 5.32. The third-order valence-corrected chi connectivity index (χ3v) is 5.32. The molecule has 0 radical (unpaired) electrons. The van der Waals surface area contributed by atoms with Crippen LogP contribution in [0.3, 0.4) is 0 Å². The molecule has 0 bridgehead atoms. The summed E-state index contributed by atoms with van der Waals surface area (Å²) in [4.78, 5) is 8.87. The molecule has 1 unspecified atom stereocenters.